The Morgan fingerprint density at radius 2 is 1.47 bits per heavy atom. The number of para-hydroxylation sites is 2. The summed E-state index contributed by atoms with van der Waals surface area (Å²) in [5, 5.41) is 21.9. The molecule has 1 fully saturated rings. The van der Waals surface area contributed by atoms with Gasteiger partial charge in [0.2, 0.25) is 0 Å². The van der Waals surface area contributed by atoms with E-state index in [2.05, 4.69) is 31.0 Å². The highest BCUT2D eigenvalue weighted by Gasteiger charge is 2.27. The minimum Gasteiger partial charge on any atom is -0.350 e. The van der Waals surface area contributed by atoms with E-state index >= 15 is 0 Å². The van der Waals surface area contributed by atoms with Crippen molar-refractivity contribution in [3.05, 3.63) is 59.9 Å². The number of aromatic amines is 2. The number of fused-ring (bicyclic) bond motifs is 2. The predicted molar refractivity (Wildman–Crippen MR) is 122 cm³/mol. The van der Waals surface area contributed by atoms with Crippen LogP contribution in [0.15, 0.2) is 48.8 Å². The largest absolute Gasteiger partial charge is 0.350 e. The fourth-order valence-corrected chi connectivity index (χ4v) is 4.73. The molecule has 5 rings (SSSR count). The van der Waals surface area contributed by atoms with Crippen LogP contribution in [0.2, 0.25) is 0 Å². The van der Waals surface area contributed by atoms with E-state index in [9.17, 15) is 9.59 Å². The average Bonchev–Trinajstić information content (AvgIpc) is 3.51. The molecule has 0 radical (unpaired) electrons. The molecular formula is C24H26N6O2. The number of rotatable bonds is 6. The molecule has 8 nitrogen and oxygen atoms in total. The lowest BCUT2D eigenvalue weighted by Gasteiger charge is -2.31. The second-order valence-corrected chi connectivity index (χ2v) is 8.47. The van der Waals surface area contributed by atoms with E-state index in [0.29, 0.717) is 29.1 Å². The normalized spacial score (nSPS) is 15.6. The highest BCUT2D eigenvalue weighted by atomic mass is 16.2. The first-order chi connectivity index (χ1) is 15.7. The SMILES string of the molecule is O=C(NCC(NC(=O)c1cccc2cn[nH]c12)C1CCCCC1)c1cccc2cn[nH]c12. The maximum Gasteiger partial charge on any atom is 0.253 e. The molecule has 4 aromatic rings. The fourth-order valence-electron chi connectivity index (χ4n) is 4.73. The van der Waals surface area contributed by atoms with Crippen LogP contribution in [0.25, 0.3) is 21.8 Å². The van der Waals surface area contributed by atoms with Crippen LogP contribution < -0.4 is 10.6 Å². The molecule has 1 unspecified atom stereocenters. The third-order valence-corrected chi connectivity index (χ3v) is 6.46. The third-order valence-electron chi connectivity index (χ3n) is 6.46. The molecule has 2 aromatic carbocycles. The van der Waals surface area contributed by atoms with Gasteiger partial charge in [-0.2, -0.15) is 10.2 Å². The van der Waals surface area contributed by atoms with Gasteiger partial charge in [0.05, 0.1) is 34.6 Å². The van der Waals surface area contributed by atoms with Gasteiger partial charge in [-0.05, 0) is 30.9 Å². The Hall–Kier alpha value is -3.68. The van der Waals surface area contributed by atoms with Crippen LogP contribution in [-0.4, -0.2) is 44.8 Å². The van der Waals surface area contributed by atoms with Crippen molar-refractivity contribution in [3.8, 4) is 0 Å². The molecule has 4 N–H and O–H groups in total. The van der Waals surface area contributed by atoms with E-state index in [0.717, 1.165) is 42.0 Å². The summed E-state index contributed by atoms with van der Waals surface area (Å²) in [6.45, 7) is 0.374. The quantitative estimate of drug-likeness (QED) is 0.374. The van der Waals surface area contributed by atoms with E-state index in [1.807, 2.05) is 24.3 Å². The van der Waals surface area contributed by atoms with Crippen LogP contribution in [0.1, 0.15) is 52.8 Å². The predicted octanol–water partition coefficient (Wildman–Crippen LogP) is 3.55. The number of benzene rings is 2. The van der Waals surface area contributed by atoms with Crippen molar-refractivity contribution < 1.29 is 9.59 Å². The van der Waals surface area contributed by atoms with Crippen molar-refractivity contribution in [2.45, 2.75) is 38.1 Å². The number of nitrogens with one attached hydrogen (secondary N) is 4. The van der Waals surface area contributed by atoms with Gasteiger partial charge in [-0.25, -0.2) is 0 Å². The summed E-state index contributed by atoms with van der Waals surface area (Å²) in [4.78, 5) is 26.1. The third kappa shape index (κ3) is 3.95. The van der Waals surface area contributed by atoms with Gasteiger partial charge < -0.3 is 10.6 Å². The second kappa shape index (κ2) is 8.82. The van der Waals surface area contributed by atoms with Crippen molar-refractivity contribution in [2.24, 2.45) is 5.92 Å². The minimum absolute atomic E-state index is 0.147. The van der Waals surface area contributed by atoms with E-state index in [-0.39, 0.29) is 17.9 Å². The summed E-state index contributed by atoms with van der Waals surface area (Å²) >= 11 is 0. The lowest BCUT2D eigenvalue weighted by Crippen LogP contribution is -2.48. The molecule has 1 atom stereocenters. The lowest BCUT2D eigenvalue weighted by molar-refractivity contribution is 0.0884. The van der Waals surface area contributed by atoms with Crippen LogP contribution in [-0.2, 0) is 0 Å². The topological polar surface area (TPSA) is 116 Å². The van der Waals surface area contributed by atoms with Crippen molar-refractivity contribution in [2.75, 3.05) is 6.54 Å². The van der Waals surface area contributed by atoms with Gasteiger partial charge in [0, 0.05) is 23.4 Å². The lowest BCUT2D eigenvalue weighted by atomic mass is 9.83. The van der Waals surface area contributed by atoms with Crippen molar-refractivity contribution in [1.29, 1.82) is 0 Å². The molecule has 0 aliphatic heterocycles. The molecule has 2 aromatic heterocycles. The summed E-state index contributed by atoms with van der Waals surface area (Å²) in [6.07, 6.45) is 9.02. The second-order valence-electron chi connectivity index (χ2n) is 8.47. The summed E-state index contributed by atoms with van der Waals surface area (Å²) in [5.41, 5.74) is 2.56. The molecule has 0 spiro atoms. The number of carbonyl (C=O) groups is 2. The van der Waals surface area contributed by atoms with Gasteiger partial charge in [-0.1, -0.05) is 43.5 Å². The Kier molecular flexibility index (Phi) is 5.58. The minimum atomic E-state index is -0.175. The first-order valence-electron chi connectivity index (χ1n) is 11.1. The average molecular weight is 431 g/mol. The van der Waals surface area contributed by atoms with E-state index in [4.69, 9.17) is 0 Å². The van der Waals surface area contributed by atoms with Gasteiger partial charge in [-0.15, -0.1) is 0 Å². The number of aromatic nitrogens is 4. The van der Waals surface area contributed by atoms with Crippen LogP contribution in [0.5, 0.6) is 0 Å². The Morgan fingerprint density at radius 1 is 0.875 bits per heavy atom. The summed E-state index contributed by atoms with van der Waals surface area (Å²) in [7, 11) is 0. The highest BCUT2D eigenvalue weighted by Crippen LogP contribution is 2.27. The number of hydrogen-bond donors (Lipinski definition) is 4. The molecular weight excluding hydrogens is 404 g/mol. The van der Waals surface area contributed by atoms with E-state index < -0.39 is 0 Å². The zero-order chi connectivity index (χ0) is 21.9. The van der Waals surface area contributed by atoms with Crippen LogP contribution in [0.4, 0.5) is 0 Å². The highest BCUT2D eigenvalue weighted by molar-refractivity contribution is 6.06. The summed E-state index contributed by atoms with van der Waals surface area (Å²) < 4.78 is 0. The zero-order valence-corrected chi connectivity index (χ0v) is 17.7. The number of amides is 2. The Morgan fingerprint density at radius 3 is 2.09 bits per heavy atom. The Balaban J connectivity index is 1.34. The summed E-state index contributed by atoms with van der Waals surface area (Å²) in [6, 6.07) is 11.0. The molecule has 1 aliphatic carbocycles. The number of carbonyl (C=O) groups excluding carboxylic acids is 2. The maximum absolute atomic E-state index is 13.2. The number of H-pyrrole nitrogens is 2. The number of nitrogens with zero attached hydrogens (tertiary/aromatic N) is 2. The van der Waals surface area contributed by atoms with Crippen molar-refractivity contribution in [1.82, 2.24) is 31.0 Å². The smallest absolute Gasteiger partial charge is 0.253 e. The molecule has 2 heterocycles. The molecule has 2 amide bonds. The first kappa shape index (κ1) is 20.2. The molecule has 1 aliphatic rings. The van der Waals surface area contributed by atoms with Gasteiger partial charge >= 0.3 is 0 Å². The Labute approximate surface area is 185 Å². The fraction of sp³-hybridized carbons (Fsp3) is 0.333. The van der Waals surface area contributed by atoms with Gasteiger partial charge in [0.15, 0.2) is 0 Å². The first-order valence-corrected chi connectivity index (χ1v) is 11.1. The molecule has 0 bridgehead atoms. The standard InChI is InChI=1S/C24H26N6O2/c31-23(18-10-4-8-16-12-26-29-21(16)18)25-14-20(15-6-2-1-3-7-15)28-24(32)19-11-5-9-17-13-27-30-22(17)19/h4-5,8-13,15,20H,1-3,6-7,14H2,(H,25,31)(H,26,29)(H,27,30)(H,28,32). The van der Waals surface area contributed by atoms with Gasteiger partial charge in [0.1, 0.15) is 0 Å². The molecule has 8 heteroatoms. The van der Waals surface area contributed by atoms with Gasteiger partial charge in [-0.3, -0.25) is 19.8 Å². The zero-order valence-electron chi connectivity index (χ0n) is 17.7. The van der Waals surface area contributed by atoms with Crippen LogP contribution >= 0.6 is 0 Å². The van der Waals surface area contributed by atoms with Crippen LogP contribution in [0.3, 0.4) is 0 Å². The van der Waals surface area contributed by atoms with Crippen molar-refractivity contribution >= 4 is 33.6 Å². The maximum atomic E-state index is 13.2. The van der Waals surface area contributed by atoms with Crippen LogP contribution in [0, 0.1) is 5.92 Å². The van der Waals surface area contributed by atoms with Crippen molar-refractivity contribution in [3.63, 3.8) is 0 Å². The van der Waals surface area contributed by atoms with E-state index in [1.54, 1.807) is 24.5 Å². The van der Waals surface area contributed by atoms with E-state index in [1.165, 1.54) is 6.42 Å². The number of hydrogen-bond acceptors (Lipinski definition) is 4. The summed E-state index contributed by atoms with van der Waals surface area (Å²) in [5.74, 6) is 0.00263. The molecule has 1 saturated carbocycles. The molecule has 32 heavy (non-hydrogen) atoms. The molecule has 0 saturated heterocycles. The molecule has 164 valence electrons. The van der Waals surface area contributed by atoms with Gasteiger partial charge in [0.25, 0.3) is 11.8 Å². The monoisotopic (exact) mass is 430 g/mol. The Bertz CT molecular complexity index is 1250.